The van der Waals surface area contributed by atoms with Gasteiger partial charge in [0, 0.05) is 41.4 Å². The number of anilines is 1. The third-order valence-electron chi connectivity index (χ3n) is 4.48. The standard InChI is InChI=1S/C20H20N2O4S/c1-13-16(19(24)22-8-10-27-11-9-22)6-3-7-17(13)21-18(23)14-4-2-5-15(12-14)20(25)26/h2-7,12H,8-11H2,1H3,(H,21,23)(H,25,26). The van der Waals surface area contributed by atoms with E-state index in [4.69, 9.17) is 5.11 Å². The monoisotopic (exact) mass is 384 g/mol. The summed E-state index contributed by atoms with van der Waals surface area (Å²) in [5, 5.41) is 11.9. The van der Waals surface area contributed by atoms with Crippen molar-refractivity contribution in [2.45, 2.75) is 6.92 Å². The van der Waals surface area contributed by atoms with Gasteiger partial charge in [0.2, 0.25) is 0 Å². The largest absolute Gasteiger partial charge is 0.478 e. The topological polar surface area (TPSA) is 86.7 Å². The Balaban J connectivity index is 1.81. The van der Waals surface area contributed by atoms with E-state index in [1.54, 1.807) is 31.2 Å². The summed E-state index contributed by atoms with van der Waals surface area (Å²) in [5.41, 5.74) is 2.10. The minimum Gasteiger partial charge on any atom is -0.478 e. The van der Waals surface area contributed by atoms with E-state index in [0.29, 0.717) is 16.8 Å². The lowest BCUT2D eigenvalue weighted by molar-refractivity contribution is 0.0695. The SMILES string of the molecule is Cc1c(NC(=O)c2cccc(C(=O)O)c2)cccc1C(=O)N1CCSCC1. The smallest absolute Gasteiger partial charge is 0.335 e. The number of nitrogens with one attached hydrogen (secondary N) is 1. The zero-order valence-electron chi connectivity index (χ0n) is 14.9. The van der Waals surface area contributed by atoms with E-state index >= 15 is 0 Å². The first-order valence-corrected chi connectivity index (χ1v) is 9.74. The quantitative estimate of drug-likeness (QED) is 0.846. The van der Waals surface area contributed by atoms with E-state index in [9.17, 15) is 14.4 Å². The highest BCUT2D eigenvalue weighted by Crippen LogP contribution is 2.22. The van der Waals surface area contributed by atoms with Crippen molar-refractivity contribution in [2.24, 2.45) is 0 Å². The van der Waals surface area contributed by atoms with Crippen molar-refractivity contribution in [1.29, 1.82) is 0 Å². The van der Waals surface area contributed by atoms with Gasteiger partial charge in [0.15, 0.2) is 0 Å². The molecule has 0 radical (unpaired) electrons. The van der Waals surface area contributed by atoms with E-state index in [-0.39, 0.29) is 17.0 Å². The molecule has 1 fully saturated rings. The molecule has 1 heterocycles. The van der Waals surface area contributed by atoms with Crippen molar-refractivity contribution in [2.75, 3.05) is 29.9 Å². The van der Waals surface area contributed by atoms with Crippen LogP contribution in [0.1, 0.15) is 36.6 Å². The van der Waals surface area contributed by atoms with Gasteiger partial charge in [-0.25, -0.2) is 4.79 Å². The Morgan fingerprint density at radius 1 is 1.04 bits per heavy atom. The third kappa shape index (κ3) is 4.31. The summed E-state index contributed by atoms with van der Waals surface area (Å²) in [4.78, 5) is 38.2. The lowest BCUT2D eigenvalue weighted by Gasteiger charge is -2.27. The molecule has 1 saturated heterocycles. The van der Waals surface area contributed by atoms with Gasteiger partial charge in [-0.05, 0) is 42.8 Å². The van der Waals surface area contributed by atoms with E-state index in [1.807, 2.05) is 16.7 Å². The summed E-state index contributed by atoms with van der Waals surface area (Å²) in [6.07, 6.45) is 0. The number of thioether (sulfide) groups is 1. The maximum Gasteiger partial charge on any atom is 0.335 e. The fraction of sp³-hybridized carbons (Fsp3) is 0.250. The Labute approximate surface area is 161 Å². The molecule has 0 atom stereocenters. The van der Waals surface area contributed by atoms with Crippen LogP contribution in [0.5, 0.6) is 0 Å². The molecule has 27 heavy (non-hydrogen) atoms. The molecule has 0 unspecified atom stereocenters. The van der Waals surface area contributed by atoms with Crippen LogP contribution in [0.25, 0.3) is 0 Å². The van der Waals surface area contributed by atoms with Gasteiger partial charge in [0.1, 0.15) is 0 Å². The summed E-state index contributed by atoms with van der Waals surface area (Å²) in [6.45, 7) is 3.25. The van der Waals surface area contributed by atoms with E-state index < -0.39 is 11.9 Å². The van der Waals surface area contributed by atoms with Crippen LogP contribution in [0.3, 0.4) is 0 Å². The zero-order chi connectivity index (χ0) is 19.4. The average molecular weight is 384 g/mol. The number of carboxylic acids is 1. The number of rotatable bonds is 4. The second kappa shape index (κ2) is 8.26. The molecule has 1 aliphatic heterocycles. The lowest BCUT2D eigenvalue weighted by atomic mass is 10.0. The first-order valence-electron chi connectivity index (χ1n) is 8.58. The average Bonchev–Trinajstić information content (AvgIpc) is 2.69. The molecule has 2 amide bonds. The minimum absolute atomic E-state index is 0.0308. The first kappa shape index (κ1) is 19.0. The summed E-state index contributed by atoms with van der Waals surface area (Å²) in [7, 11) is 0. The van der Waals surface area contributed by atoms with Crippen LogP contribution < -0.4 is 5.32 Å². The lowest BCUT2D eigenvalue weighted by Crippen LogP contribution is -2.38. The molecule has 0 saturated carbocycles. The van der Waals surface area contributed by atoms with Crippen molar-refractivity contribution in [1.82, 2.24) is 4.90 Å². The molecule has 2 aromatic carbocycles. The van der Waals surface area contributed by atoms with Crippen LogP contribution >= 0.6 is 11.8 Å². The van der Waals surface area contributed by atoms with Gasteiger partial charge in [0.05, 0.1) is 5.56 Å². The fourth-order valence-corrected chi connectivity index (χ4v) is 3.83. The highest BCUT2D eigenvalue weighted by Gasteiger charge is 2.21. The normalized spacial score (nSPS) is 13.9. The highest BCUT2D eigenvalue weighted by atomic mass is 32.2. The van der Waals surface area contributed by atoms with Gasteiger partial charge >= 0.3 is 5.97 Å². The van der Waals surface area contributed by atoms with Gasteiger partial charge in [-0.3, -0.25) is 9.59 Å². The number of carbonyl (C=O) groups is 3. The molecule has 0 aromatic heterocycles. The van der Waals surface area contributed by atoms with Gasteiger partial charge in [-0.15, -0.1) is 0 Å². The van der Waals surface area contributed by atoms with Crippen molar-refractivity contribution in [3.8, 4) is 0 Å². The van der Waals surface area contributed by atoms with E-state index in [0.717, 1.165) is 24.6 Å². The summed E-state index contributed by atoms with van der Waals surface area (Å²) in [5.74, 6) is 0.326. The summed E-state index contributed by atoms with van der Waals surface area (Å²) >= 11 is 1.84. The Hall–Kier alpha value is -2.80. The van der Waals surface area contributed by atoms with Gasteiger partial charge in [-0.1, -0.05) is 12.1 Å². The van der Waals surface area contributed by atoms with Gasteiger partial charge < -0.3 is 15.3 Å². The molecule has 1 aliphatic rings. The Morgan fingerprint density at radius 2 is 1.70 bits per heavy atom. The number of hydrogen-bond acceptors (Lipinski definition) is 4. The van der Waals surface area contributed by atoms with Crippen molar-refractivity contribution < 1.29 is 19.5 Å². The minimum atomic E-state index is -1.09. The summed E-state index contributed by atoms with van der Waals surface area (Å²) in [6, 6.07) is 11.1. The maximum absolute atomic E-state index is 12.8. The maximum atomic E-state index is 12.8. The van der Waals surface area contributed by atoms with Crippen molar-refractivity contribution in [3.63, 3.8) is 0 Å². The predicted molar refractivity (Wildman–Crippen MR) is 106 cm³/mol. The second-order valence-corrected chi connectivity index (χ2v) is 7.45. The molecule has 2 aromatic rings. The molecule has 0 aliphatic carbocycles. The molecule has 6 nitrogen and oxygen atoms in total. The van der Waals surface area contributed by atoms with Crippen LogP contribution in [0.4, 0.5) is 5.69 Å². The number of aromatic carboxylic acids is 1. The molecule has 2 N–H and O–H groups in total. The Morgan fingerprint density at radius 3 is 2.41 bits per heavy atom. The number of carbonyl (C=O) groups excluding carboxylic acids is 2. The third-order valence-corrected chi connectivity index (χ3v) is 5.42. The number of amides is 2. The van der Waals surface area contributed by atoms with Crippen LogP contribution in [0, 0.1) is 6.92 Å². The van der Waals surface area contributed by atoms with E-state index in [1.165, 1.54) is 18.2 Å². The van der Waals surface area contributed by atoms with E-state index in [2.05, 4.69) is 5.32 Å². The van der Waals surface area contributed by atoms with Crippen LogP contribution in [-0.4, -0.2) is 52.4 Å². The highest BCUT2D eigenvalue weighted by molar-refractivity contribution is 7.99. The fourth-order valence-electron chi connectivity index (χ4n) is 2.93. The zero-order valence-corrected chi connectivity index (χ0v) is 15.7. The summed E-state index contributed by atoms with van der Waals surface area (Å²) < 4.78 is 0. The molecular formula is C20H20N2O4S. The molecule has 7 heteroatoms. The van der Waals surface area contributed by atoms with Crippen LogP contribution in [0.2, 0.25) is 0 Å². The van der Waals surface area contributed by atoms with Crippen molar-refractivity contribution >= 4 is 35.2 Å². The number of nitrogens with zero attached hydrogens (tertiary/aromatic N) is 1. The van der Waals surface area contributed by atoms with Crippen LogP contribution in [-0.2, 0) is 0 Å². The Bertz CT molecular complexity index is 891. The predicted octanol–water partition coefficient (Wildman–Crippen LogP) is 3.13. The van der Waals surface area contributed by atoms with Gasteiger partial charge in [-0.2, -0.15) is 11.8 Å². The Kier molecular flexibility index (Phi) is 5.81. The van der Waals surface area contributed by atoms with Crippen molar-refractivity contribution in [3.05, 3.63) is 64.7 Å². The first-order chi connectivity index (χ1) is 13.0. The molecule has 140 valence electrons. The number of hydrogen-bond donors (Lipinski definition) is 2. The van der Waals surface area contributed by atoms with Gasteiger partial charge in [0.25, 0.3) is 11.8 Å². The molecule has 0 spiro atoms. The molecule has 3 rings (SSSR count). The molecular weight excluding hydrogens is 364 g/mol. The second-order valence-electron chi connectivity index (χ2n) is 6.22. The number of benzene rings is 2. The number of carboxylic acid groups (broad SMARTS) is 1. The van der Waals surface area contributed by atoms with Crippen LogP contribution in [0.15, 0.2) is 42.5 Å². The molecule has 0 bridgehead atoms.